The van der Waals surface area contributed by atoms with Gasteiger partial charge in [0.2, 0.25) is 0 Å². The Morgan fingerprint density at radius 1 is 0.396 bits per heavy atom. The first-order valence-corrected chi connectivity index (χ1v) is 15.9. The second kappa shape index (κ2) is 10.9. The molecular weight excluding hydrogens is 585 g/mol. The van der Waals surface area contributed by atoms with Crippen LogP contribution >= 0.6 is 0 Å². The molecule has 0 atom stereocenters. The van der Waals surface area contributed by atoms with Crippen molar-refractivity contribution in [3.63, 3.8) is 0 Å². The van der Waals surface area contributed by atoms with E-state index in [1.165, 1.54) is 21.8 Å². The molecule has 0 bridgehead atoms. The summed E-state index contributed by atoms with van der Waals surface area (Å²) < 4.78 is 4.51. The van der Waals surface area contributed by atoms with Gasteiger partial charge in [-0.1, -0.05) is 103 Å². The number of nitrogens with zero attached hydrogens (tertiary/aromatic N) is 4. The first kappa shape index (κ1) is 27.4. The summed E-state index contributed by atoms with van der Waals surface area (Å²) in [7, 11) is 0. The smallest absolute Gasteiger partial charge is 0.101 e. The van der Waals surface area contributed by atoms with E-state index in [1.54, 1.807) is 0 Å². The highest BCUT2D eigenvalue weighted by Crippen LogP contribution is 2.39. The van der Waals surface area contributed by atoms with E-state index < -0.39 is 0 Å². The topological polar surface area (TPSA) is 57.4 Å². The molecule has 2 aromatic heterocycles. The molecule has 0 aliphatic rings. The maximum atomic E-state index is 10.3. The lowest BCUT2D eigenvalue weighted by molar-refractivity contribution is 1.17. The Kier molecular flexibility index (Phi) is 6.22. The van der Waals surface area contributed by atoms with E-state index in [-0.39, 0.29) is 0 Å². The second-order valence-electron chi connectivity index (χ2n) is 12.0. The third-order valence-corrected chi connectivity index (χ3v) is 9.40. The first-order valence-electron chi connectivity index (χ1n) is 15.9. The lowest BCUT2D eigenvalue weighted by Crippen LogP contribution is -2.01. The SMILES string of the molecule is N#Cc1ccc2c(c1)c1ccccc1n2-c1c(C#N)cccc1-c1ccc(-c2cccc(-n3c4ccccc4c4ccccc43)c2)cc1. The molecule has 0 saturated carbocycles. The highest BCUT2D eigenvalue weighted by atomic mass is 15.0. The van der Waals surface area contributed by atoms with Gasteiger partial charge in [-0.3, -0.25) is 0 Å². The Balaban J connectivity index is 1.18. The van der Waals surface area contributed by atoms with Gasteiger partial charge < -0.3 is 9.13 Å². The molecular formula is C44H26N4. The molecule has 9 aromatic rings. The molecule has 4 nitrogen and oxygen atoms in total. The summed E-state index contributed by atoms with van der Waals surface area (Å²) in [6.07, 6.45) is 0. The molecule has 2 heterocycles. The number of nitriles is 2. The van der Waals surface area contributed by atoms with Gasteiger partial charge in [-0.25, -0.2) is 0 Å². The molecule has 0 fully saturated rings. The summed E-state index contributed by atoms with van der Waals surface area (Å²) >= 11 is 0. The molecule has 7 aromatic carbocycles. The molecule has 0 radical (unpaired) electrons. The minimum absolute atomic E-state index is 0.586. The van der Waals surface area contributed by atoms with Crippen LogP contribution in [0.15, 0.2) is 158 Å². The first-order chi connectivity index (χ1) is 23.7. The zero-order valence-electron chi connectivity index (χ0n) is 25.8. The van der Waals surface area contributed by atoms with Gasteiger partial charge in [0.15, 0.2) is 0 Å². The summed E-state index contributed by atoms with van der Waals surface area (Å²) in [6.45, 7) is 0. The van der Waals surface area contributed by atoms with E-state index >= 15 is 0 Å². The lowest BCUT2D eigenvalue weighted by atomic mass is 9.97. The molecule has 0 spiro atoms. The van der Waals surface area contributed by atoms with Crippen molar-refractivity contribution >= 4 is 43.6 Å². The number of fused-ring (bicyclic) bond motifs is 6. The maximum absolute atomic E-state index is 10.3. The minimum Gasteiger partial charge on any atom is -0.309 e. The van der Waals surface area contributed by atoms with Crippen LogP contribution in [0.3, 0.4) is 0 Å². The third kappa shape index (κ3) is 4.14. The fraction of sp³-hybridized carbons (Fsp3) is 0. The van der Waals surface area contributed by atoms with Crippen molar-refractivity contribution in [2.45, 2.75) is 0 Å². The van der Waals surface area contributed by atoms with Gasteiger partial charge in [-0.2, -0.15) is 10.5 Å². The Morgan fingerprint density at radius 2 is 0.979 bits per heavy atom. The molecule has 222 valence electrons. The maximum Gasteiger partial charge on any atom is 0.101 e. The number of rotatable bonds is 4. The number of hydrogen-bond donors (Lipinski definition) is 0. The molecule has 9 rings (SSSR count). The van der Waals surface area contributed by atoms with Crippen molar-refractivity contribution < 1.29 is 0 Å². The summed E-state index contributed by atoms with van der Waals surface area (Å²) in [4.78, 5) is 0. The second-order valence-corrected chi connectivity index (χ2v) is 12.0. The van der Waals surface area contributed by atoms with Gasteiger partial charge in [0.1, 0.15) is 6.07 Å². The summed E-state index contributed by atoms with van der Waals surface area (Å²) in [5.41, 5.74) is 11.7. The predicted molar refractivity (Wildman–Crippen MR) is 195 cm³/mol. The van der Waals surface area contributed by atoms with Gasteiger partial charge in [0.25, 0.3) is 0 Å². The van der Waals surface area contributed by atoms with Gasteiger partial charge in [0.05, 0.1) is 45.0 Å². The number of benzene rings is 7. The Bertz CT molecular complexity index is 2750. The average molecular weight is 611 g/mol. The van der Waals surface area contributed by atoms with E-state index in [9.17, 15) is 10.5 Å². The molecule has 0 aliphatic carbocycles. The highest BCUT2D eigenvalue weighted by molar-refractivity contribution is 6.11. The van der Waals surface area contributed by atoms with Crippen LogP contribution in [0.5, 0.6) is 0 Å². The number of hydrogen-bond acceptors (Lipinski definition) is 2. The normalized spacial score (nSPS) is 11.3. The Labute approximate surface area is 277 Å². The molecule has 0 saturated heterocycles. The lowest BCUT2D eigenvalue weighted by Gasteiger charge is -2.16. The van der Waals surface area contributed by atoms with Crippen molar-refractivity contribution in [3.05, 3.63) is 169 Å². The summed E-state index contributed by atoms with van der Waals surface area (Å²) in [5.74, 6) is 0. The van der Waals surface area contributed by atoms with E-state index in [1.807, 2.05) is 42.5 Å². The van der Waals surface area contributed by atoms with E-state index in [0.29, 0.717) is 11.1 Å². The quantitative estimate of drug-likeness (QED) is 0.199. The minimum atomic E-state index is 0.586. The summed E-state index contributed by atoms with van der Waals surface area (Å²) in [6, 6.07) is 59.0. The van der Waals surface area contributed by atoms with Crippen molar-refractivity contribution in [3.8, 4) is 45.8 Å². The zero-order valence-corrected chi connectivity index (χ0v) is 25.8. The standard InChI is InChI=1S/C44H26N4/c45-27-29-19-24-43-39(25-29)38-14-3-6-18-42(38)48(43)44-33(28-46)10-8-15-35(44)31-22-20-30(21-23-31)32-9-7-11-34(26-32)47-40-16-4-1-12-36(40)37-13-2-5-17-41(37)47/h1-26H. The molecule has 0 amide bonds. The number of aromatic nitrogens is 2. The van der Waals surface area contributed by atoms with Crippen LogP contribution in [-0.2, 0) is 0 Å². The highest BCUT2D eigenvalue weighted by Gasteiger charge is 2.19. The average Bonchev–Trinajstić information content (AvgIpc) is 3.67. The van der Waals surface area contributed by atoms with Crippen LogP contribution in [0.4, 0.5) is 0 Å². The van der Waals surface area contributed by atoms with Crippen LogP contribution in [0.2, 0.25) is 0 Å². The van der Waals surface area contributed by atoms with Crippen LogP contribution in [-0.4, -0.2) is 9.13 Å². The molecule has 0 unspecified atom stereocenters. The van der Waals surface area contributed by atoms with Crippen LogP contribution < -0.4 is 0 Å². The van der Waals surface area contributed by atoms with E-state index in [2.05, 4.69) is 137 Å². The molecule has 4 heteroatoms. The van der Waals surface area contributed by atoms with Crippen molar-refractivity contribution in [2.24, 2.45) is 0 Å². The Morgan fingerprint density at radius 3 is 1.65 bits per heavy atom. The fourth-order valence-electron chi connectivity index (χ4n) is 7.26. The van der Waals surface area contributed by atoms with Crippen LogP contribution in [0.1, 0.15) is 11.1 Å². The van der Waals surface area contributed by atoms with E-state index in [4.69, 9.17) is 0 Å². The van der Waals surface area contributed by atoms with Crippen LogP contribution in [0, 0.1) is 22.7 Å². The van der Waals surface area contributed by atoms with Crippen molar-refractivity contribution in [1.29, 1.82) is 10.5 Å². The Hall–Kier alpha value is -6.88. The van der Waals surface area contributed by atoms with Crippen molar-refractivity contribution in [2.75, 3.05) is 0 Å². The molecule has 0 N–H and O–H groups in total. The molecule has 0 aliphatic heterocycles. The van der Waals surface area contributed by atoms with Gasteiger partial charge in [0, 0.05) is 32.8 Å². The largest absolute Gasteiger partial charge is 0.309 e. The van der Waals surface area contributed by atoms with Crippen LogP contribution in [0.25, 0.3) is 77.2 Å². The van der Waals surface area contributed by atoms with Crippen molar-refractivity contribution in [1.82, 2.24) is 9.13 Å². The van der Waals surface area contributed by atoms with Gasteiger partial charge in [-0.15, -0.1) is 0 Å². The summed E-state index contributed by atoms with van der Waals surface area (Å²) in [5, 5.41) is 24.5. The van der Waals surface area contributed by atoms with Gasteiger partial charge in [-0.05, 0) is 71.3 Å². The van der Waals surface area contributed by atoms with Gasteiger partial charge >= 0.3 is 0 Å². The third-order valence-electron chi connectivity index (χ3n) is 9.40. The monoisotopic (exact) mass is 610 g/mol. The van der Waals surface area contributed by atoms with E-state index in [0.717, 1.165) is 55.4 Å². The zero-order chi connectivity index (χ0) is 32.2. The number of para-hydroxylation sites is 4. The fourth-order valence-corrected chi connectivity index (χ4v) is 7.26. The predicted octanol–water partition coefficient (Wildman–Crippen LogP) is 11.0. The molecule has 48 heavy (non-hydrogen) atoms.